The van der Waals surface area contributed by atoms with E-state index >= 15 is 0 Å². The van der Waals surface area contributed by atoms with Crippen molar-refractivity contribution in [2.24, 2.45) is 5.92 Å². The molecule has 1 aliphatic carbocycles. The average Bonchev–Trinajstić information content (AvgIpc) is 3.01. The van der Waals surface area contributed by atoms with Crippen LogP contribution in [-0.2, 0) is 0 Å². The Hall–Kier alpha value is -1.20. The molecule has 0 atom stereocenters. The normalized spacial score (nSPS) is 14.7. The smallest absolute Gasteiger partial charge is 0.101 e. The van der Waals surface area contributed by atoms with Crippen LogP contribution in [0.4, 0.5) is 5.69 Å². The van der Waals surface area contributed by atoms with Gasteiger partial charge in [-0.2, -0.15) is 5.26 Å². The van der Waals surface area contributed by atoms with E-state index in [4.69, 9.17) is 16.9 Å². The molecule has 1 saturated carbocycles. The lowest BCUT2D eigenvalue weighted by atomic mass is 10.1. The molecule has 1 fully saturated rings. The summed E-state index contributed by atoms with van der Waals surface area (Å²) in [5, 5.41) is 9.67. The second kappa shape index (κ2) is 4.12. The third-order valence-electron chi connectivity index (χ3n) is 2.72. The van der Waals surface area contributed by atoms with E-state index in [9.17, 15) is 0 Å². The number of hydrogen-bond donors (Lipinski definition) is 0. The van der Waals surface area contributed by atoms with Gasteiger partial charge in [0.2, 0.25) is 0 Å². The highest BCUT2D eigenvalue weighted by Crippen LogP contribution is 2.32. The quantitative estimate of drug-likeness (QED) is 0.783. The van der Waals surface area contributed by atoms with Gasteiger partial charge in [0.05, 0.1) is 11.3 Å². The van der Waals surface area contributed by atoms with Gasteiger partial charge in [-0.1, -0.05) is 11.6 Å². The summed E-state index contributed by atoms with van der Waals surface area (Å²) in [7, 11) is 2.02. The van der Waals surface area contributed by atoms with Crippen molar-refractivity contribution in [2.45, 2.75) is 12.8 Å². The summed E-state index contributed by atoms with van der Waals surface area (Å²) in [5.74, 6) is 0.806. The largest absolute Gasteiger partial charge is 0.373 e. The van der Waals surface area contributed by atoms with Gasteiger partial charge in [0.1, 0.15) is 6.07 Å². The van der Waals surface area contributed by atoms with Crippen LogP contribution in [0.5, 0.6) is 0 Å². The molecule has 15 heavy (non-hydrogen) atoms. The number of nitrogens with zero attached hydrogens (tertiary/aromatic N) is 2. The van der Waals surface area contributed by atoms with E-state index in [1.807, 2.05) is 13.1 Å². The van der Waals surface area contributed by atoms with Crippen LogP contribution in [0.1, 0.15) is 18.4 Å². The van der Waals surface area contributed by atoms with Crippen LogP contribution >= 0.6 is 11.6 Å². The van der Waals surface area contributed by atoms with Crippen LogP contribution in [0.2, 0.25) is 5.02 Å². The third-order valence-corrected chi connectivity index (χ3v) is 2.96. The first-order chi connectivity index (χ1) is 7.20. The molecule has 78 valence electrons. The fourth-order valence-corrected chi connectivity index (χ4v) is 1.87. The van der Waals surface area contributed by atoms with Crippen LogP contribution in [0.3, 0.4) is 0 Å². The van der Waals surface area contributed by atoms with Crippen molar-refractivity contribution in [1.82, 2.24) is 0 Å². The number of anilines is 1. The lowest BCUT2D eigenvalue weighted by molar-refractivity contribution is 0.786. The maximum absolute atomic E-state index is 8.99. The van der Waals surface area contributed by atoms with Gasteiger partial charge in [-0.25, -0.2) is 0 Å². The van der Waals surface area contributed by atoms with Crippen molar-refractivity contribution in [2.75, 3.05) is 18.5 Å². The molecule has 0 radical (unpaired) electrons. The molecular formula is C12H13ClN2. The van der Waals surface area contributed by atoms with Gasteiger partial charge in [-0.3, -0.25) is 0 Å². The molecule has 2 nitrogen and oxygen atoms in total. The highest BCUT2D eigenvalue weighted by molar-refractivity contribution is 6.30. The number of rotatable bonds is 3. The maximum atomic E-state index is 8.99. The standard InChI is InChI=1S/C12H13ClN2/c1-15(8-9-2-3-9)12-6-11(13)5-4-10(12)7-14/h4-6,9H,2-3,8H2,1H3. The molecule has 1 aliphatic rings. The molecule has 0 heterocycles. The molecule has 0 unspecified atom stereocenters. The highest BCUT2D eigenvalue weighted by atomic mass is 35.5. The molecule has 0 amide bonds. The molecule has 1 aromatic rings. The Morgan fingerprint density at radius 3 is 2.87 bits per heavy atom. The monoisotopic (exact) mass is 220 g/mol. The molecule has 0 saturated heterocycles. The Balaban J connectivity index is 2.23. The molecule has 0 N–H and O–H groups in total. The zero-order valence-electron chi connectivity index (χ0n) is 8.70. The van der Waals surface area contributed by atoms with Crippen LogP contribution in [0.15, 0.2) is 18.2 Å². The highest BCUT2D eigenvalue weighted by Gasteiger charge is 2.23. The molecule has 0 bridgehead atoms. The predicted octanol–water partition coefficient (Wildman–Crippen LogP) is 3.06. The van der Waals surface area contributed by atoms with Crippen molar-refractivity contribution < 1.29 is 0 Å². The number of hydrogen-bond acceptors (Lipinski definition) is 2. The van der Waals surface area contributed by atoms with Crippen LogP contribution in [0, 0.1) is 17.2 Å². The first-order valence-corrected chi connectivity index (χ1v) is 5.49. The summed E-state index contributed by atoms with van der Waals surface area (Å²) in [4.78, 5) is 2.13. The topological polar surface area (TPSA) is 27.0 Å². The van der Waals surface area contributed by atoms with E-state index in [0.717, 1.165) is 18.2 Å². The predicted molar refractivity (Wildman–Crippen MR) is 62.2 cm³/mol. The summed E-state index contributed by atoms with van der Waals surface area (Å²) < 4.78 is 0. The van der Waals surface area contributed by atoms with Crippen LogP contribution < -0.4 is 4.90 Å². The van der Waals surface area contributed by atoms with Crippen molar-refractivity contribution in [3.8, 4) is 6.07 Å². The maximum Gasteiger partial charge on any atom is 0.101 e. The summed E-state index contributed by atoms with van der Waals surface area (Å²) in [6.45, 7) is 1.02. The average molecular weight is 221 g/mol. The lowest BCUT2D eigenvalue weighted by Crippen LogP contribution is -2.20. The van der Waals surface area contributed by atoms with E-state index in [1.54, 1.807) is 12.1 Å². The fraction of sp³-hybridized carbons (Fsp3) is 0.417. The van der Waals surface area contributed by atoms with Crippen molar-refractivity contribution in [1.29, 1.82) is 5.26 Å². The molecule has 0 aromatic heterocycles. The molecule has 0 aliphatic heterocycles. The van der Waals surface area contributed by atoms with Gasteiger partial charge in [-0.15, -0.1) is 0 Å². The first kappa shape index (κ1) is 10.3. The van der Waals surface area contributed by atoms with Crippen molar-refractivity contribution in [3.05, 3.63) is 28.8 Å². The summed E-state index contributed by atoms with van der Waals surface area (Å²) in [6.07, 6.45) is 2.62. The number of benzene rings is 1. The van der Waals surface area contributed by atoms with Gasteiger partial charge >= 0.3 is 0 Å². The Bertz CT molecular complexity index is 405. The minimum Gasteiger partial charge on any atom is -0.373 e. The number of nitriles is 1. The first-order valence-electron chi connectivity index (χ1n) is 5.11. The van der Waals surface area contributed by atoms with E-state index in [1.165, 1.54) is 12.8 Å². The summed E-state index contributed by atoms with van der Waals surface area (Å²) >= 11 is 5.93. The molecule has 3 heteroatoms. The Morgan fingerprint density at radius 1 is 1.53 bits per heavy atom. The SMILES string of the molecule is CN(CC1CC1)c1cc(Cl)ccc1C#N. The fourth-order valence-electron chi connectivity index (χ4n) is 1.70. The third kappa shape index (κ3) is 2.43. The van der Waals surface area contributed by atoms with Crippen LogP contribution in [0.25, 0.3) is 0 Å². The Kier molecular flexibility index (Phi) is 2.83. The molecule has 2 rings (SSSR count). The minimum atomic E-state index is 0.687. The number of halogens is 1. The Labute approximate surface area is 95.1 Å². The lowest BCUT2D eigenvalue weighted by Gasteiger charge is -2.20. The van der Waals surface area contributed by atoms with Crippen LogP contribution in [-0.4, -0.2) is 13.6 Å². The minimum absolute atomic E-state index is 0.687. The van der Waals surface area contributed by atoms with E-state index in [-0.39, 0.29) is 0 Å². The van der Waals surface area contributed by atoms with Gasteiger partial charge < -0.3 is 4.90 Å². The van der Waals surface area contributed by atoms with Gasteiger partial charge in [0.15, 0.2) is 0 Å². The molecular weight excluding hydrogens is 208 g/mol. The van der Waals surface area contributed by atoms with E-state index in [2.05, 4.69) is 11.0 Å². The van der Waals surface area contributed by atoms with E-state index in [0.29, 0.717) is 10.6 Å². The van der Waals surface area contributed by atoms with Crippen molar-refractivity contribution >= 4 is 17.3 Å². The summed E-state index contributed by atoms with van der Waals surface area (Å²) in [5.41, 5.74) is 1.64. The molecule has 1 aromatic carbocycles. The van der Waals surface area contributed by atoms with E-state index < -0.39 is 0 Å². The Morgan fingerprint density at radius 2 is 2.27 bits per heavy atom. The van der Waals surface area contributed by atoms with Gasteiger partial charge in [0.25, 0.3) is 0 Å². The van der Waals surface area contributed by atoms with Gasteiger partial charge in [0, 0.05) is 18.6 Å². The molecule has 0 spiro atoms. The van der Waals surface area contributed by atoms with Crippen molar-refractivity contribution in [3.63, 3.8) is 0 Å². The van der Waals surface area contributed by atoms with Gasteiger partial charge in [-0.05, 0) is 37.0 Å². The summed E-state index contributed by atoms with van der Waals surface area (Å²) in [6, 6.07) is 7.60. The zero-order chi connectivity index (χ0) is 10.8. The second-order valence-electron chi connectivity index (χ2n) is 4.10. The second-order valence-corrected chi connectivity index (χ2v) is 4.53. The zero-order valence-corrected chi connectivity index (χ0v) is 9.46.